The van der Waals surface area contributed by atoms with Gasteiger partial charge in [-0.15, -0.1) is 0 Å². The Kier molecular flexibility index (Phi) is 3.04. The molecular formula is C9H14N4O3. The van der Waals surface area contributed by atoms with Gasteiger partial charge in [0.15, 0.2) is 5.82 Å². The van der Waals surface area contributed by atoms with E-state index in [1.165, 1.54) is 0 Å². The van der Waals surface area contributed by atoms with Crippen LogP contribution in [0.5, 0.6) is 0 Å². The van der Waals surface area contributed by atoms with Crippen LogP contribution in [0.2, 0.25) is 0 Å². The molecule has 1 aliphatic rings. The largest absolute Gasteiger partial charge is 0.481 e. The summed E-state index contributed by atoms with van der Waals surface area (Å²) in [7, 11) is 0. The minimum absolute atomic E-state index is 0.151. The van der Waals surface area contributed by atoms with Gasteiger partial charge in [0.25, 0.3) is 0 Å². The number of aromatic nitrogens is 3. The van der Waals surface area contributed by atoms with Gasteiger partial charge in [0.1, 0.15) is 6.42 Å². The first-order valence-corrected chi connectivity index (χ1v) is 5.19. The van der Waals surface area contributed by atoms with Gasteiger partial charge < -0.3 is 15.5 Å². The highest BCUT2D eigenvalue weighted by Crippen LogP contribution is 2.17. The molecule has 3 N–H and O–H groups in total. The van der Waals surface area contributed by atoms with Crippen LogP contribution in [0.15, 0.2) is 0 Å². The van der Waals surface area contributed by atoms with Crippen LogP contribution in [0.1, 0.15) is 12.2 Å². The SMILES string of the molecule is O=C(O)Cc1nc2n(n1)CC(CCO)CN2. The number of anilines is 1. The normalized spacial score (nSPS) is 18.9. The van der Waals surface area contributed by atoms with E-state index in [-0.39, 0.29) is 13.0 Å². The summed E-state index contributed by atoms with van der Waals surface area (Å²) in [4.78, 5) is 14.6. The fourth-order valence-electron chi connectivity index (χ4n) is 1.78. The average molecular weight is 226 g/mol. The molecule has 0 amide bonds. The van der Waals surface area contributed by atoms with Gasteiger partial charge in [-0.1, -0.05) is 0 Å². The Morgan fingerprint density at radius 1 is 1.62 bits per heavy atom. The number of carboxylic acids is 1. The lowest BCUT2D eigenvalue weighted by molar-refractivity contribution is -0.136. The number of aliphatic hydroxyl groups is 1. The van der Waals surface area contributed by atoms with Crippen LogP contribution in [0.3, 0.4) is 0 Å². The molecule has 1 atom stereocenters. The molecule has 0 spiro atoms. The lowest BCUT2D eigenvalue weighted by Crippen LogP contribution is -2.28. The van der Waals surface area contributed by atoms with Crippen molar-refractivity contribution in [2.24, 2.45) is 5.92 Å². The third kappa shape index (κ3) is 2.30. The van der Waals surface area contributed by atoms with Crippen molar-refractivity contribution in [1.29, 1.82) is 0 Å². The van der Waals surface area contributed by atoms with Crippen molar-refractivity contribution in [1.82, 2.24) is 14.8 Å². The number of aliphatic carboxylic acids is 1. The predicted molar refractivity (Wildman–Crippen MR) is 55.0 cm³/mol. The van der Waals surface area contributed by atoms with E-state index < -0.39 is 5.97 Å². The zero-order chi connectivity index (χ0) is 11.5. The van der Waals surface area contributed by atoms with E-state index in [9.17, 15) is 4.79 Å². The molecule has 2 heterocycles. The van der Waals surface area contributed by atoms with Gasteiger partial charge in [-0.2, -0.15) is 10.1 Å². The highest BCUT2D eigenvalue weighted by molar-refractivity contribution is 5.69. The van der Waals surface area contributed by atoms with Crippen molar-refractivity contribution in [3.8, 4) is 0 Å². The molecule has 0 saturated carbocycles. The predicted octanol–water partition coefficient (Wildman–Crippen LogP) is -0.671. The van der Waals surface area contributed by atoms with Crippen molar-refractivity contribution in [2.45, 2.75) is 19.4 Å². The van der Waals surface area contributed by atoms with Crippen molar-refractivity contribution in [3.05, 3.63) is 5.82 Å². The first-order valence-electron chi connectivity index (χ1n) is 5.19. The van der Waals surface area contributed by atoms with Gasteiger partial charge in [-0.25, -0.2) is 4.68 Å². The zero-order valence-corrected chi connectivity index (χ0v) is 8.76. The summed E-state index contributed by atoms with van der Waals surface area (Å²) in [5.74, 6) is 0.317. The lowest BCUT2D eigenvalue weighted by atomic mass is 10.1. The number of rotatable bonds is 4. The standard InChI is InChI=1S/C9H14N4O3/c14-2-1-6-4-10-9-11-7(3-8(15)16)12-13(9)5-6/h6,14H,1-5H2,(H,15,16)(H,10,11,12). The maximum absolute atomic E-state index is 10.5. The summed E-state index contributed by atoms with van der Waals surface area (Å²) in [5.41, 5.74) is 0. The van der Waals surface area contributed by atoms with E-state index in [4.69, 9.17) is 10.2 Å². The van der Waals surface area contributed by atoms with Gasteiger partial charge in [-0.3, -0.25) is 4.79 Å². The first-order chi connectivity index (χ1) is 7.69. The molecule has 16 heavy (non-hydrogen) atoms. The molecule has 0 radical (unpaired) electrons. The van der Waals surface area contributed by atoms with E-state index in [1.807, 2.05) is 0 Å². The molecule has 1 unspecified atom stereocenters. The third-order valence-electron chi connectivity index (χ3n) is 2.54. The van der Waals surface area contributed by atoms with Gasteiger partial charge in [0.2, 0.25) is 5.95 Å². The van der Waals surface area contributed by atoms with E-state index in [0.717, 1.165) is 6.54 Å². The fourth-order valence-corrected chi connectivity index (χ4v) is 1.78. The fraction of sp³-hybridized carbons (Fsp3) is 0.667. The summed E-state index contributed by atoms with van der Waals surface area (Å²) in [5, 5.41) is 24.6. The summed E-state index contributed by atoms with van der Waals surface area (Å²) in [6.45, 7) is 1.57. The second-order valence-corrected chi connectivity index (χ2v) is 3.86. The van der Waals surface area contributed by atoms with Crippen LogP contribution in [0, 0.1) is 5.92 Å². The molecule has 0 fully saturated rings. The molecule has 7 heteroatoms. The summed E-state index contributed by atoms with van der Waals surface area (Å²) < 4.78 is 1.67. The van der Waals surface area contributed by atoms with E-state index in [2.05, 4.69) is 15.4 Å². The van der Waals surface area contributed by atoms with Crippen molar-refractivity contribution < 1.29 is 15.0 Å². The molecule has 0 bridgehead atoms. The monoisotopic (exact) mass is 226 g/mol. The van der Waals surface area contributed by atoms with Crippen LogP contribution in [-0.2, 0) is 17.8 Å². The van der Waals surface area contributed by atoms with E-state index in [1.54, 1.807) is 4.68 Å². The summed E-state index contributed by atoms with van der Waals surface area (Å²) in [6, 6.07) is 0. The molecule has 1 aromatic heterocycles. The second-order valence-electron chi connectivity index (χ2n) is 3.86. The number of nitrogens with one attached hydrogen (secondary N) is 1. The molecule has 88 valence electrons. The van der Waals surface area contributed by atoms with E-state index in [0.29, 0.717) is 30.7 Å². The minimum atomic E-state index is -0.935. The topological polar surface area (TPSA) is 100 Å². The number of hydrogen-bond acceptors (Lipinski definition) is 5. The molecule has 0 aromatic carbocycles. The smallest absolute Gasteiger partial charge is 0.311 e. The summed E-state index contributed by atoms with van der Waals surface area (Å²) in [6.07, 6.45) is 0.549. The quantitative estimate of drug-likeness (QED) is 0.629. The Labute approximate surface area is 92.1 Å². The molecule has 0 aliphatic carbocycles. The third-order valence-corrected chi connectivity index (χ3v) is 2.54. The Balaban J connectivity index is 2.07. The number of carbonyl (C=O) groups is 1. The number of aliphatic hydroxyl groups excluding tert-OH is 1. The molecular weight excluding hydrogens is 212 g/mol. The van der Waals surface area contributed by atoms with E-state index >= 15 is 0 Å². The number of nitrogens with zero attached hydrogens (tertiary/aromatic N) is 3. The van der Waals surface area contributed by atoms with Gasteiger partial charge in [0.05, 0.1) is 0 Å². The number of fused-ring (bicyclic) bond motifs is 1. The Morgan fingerprint density at radius 3 is 3.12 bits per heavy atom. The van der Waals surface area contributed by atoms with Gasteiger partial charge >= 0.3 is 5.97 Å². The lowest BCUT2D eigenvalue weighted by Gasteiger charge is -2.22. The van der Waals surface area contributed by atoms with Crippen LogP contribution in [0.25, 0.3) is 0 Å². The highest BCUT2D eigenvalue weighted by atomic mass is 16.4. The van der Waals surface area contributed by atoms with Crippen LogP contribution in [0.4, 0.5) is 5.95 Å². The molecule has 2 rings (SSSR count). The number of hydrogen-bond donors (Lipinski definition) is 3. The van der Waals surface area contributed by atoms with Crippen molar-refractivity contribution in [3.63, 3.8) is 0 Å². The molecule has 1 aliphatic heterocycles. The summed E-state index contributed by atoms with van der Waals surface area (Å²) >= 11 is 0. The molecule has 0 saturated heterocycles. The Morgan fingerprint density at radius 2 is 2.44 bits per heavy atom. The second kappa shape index (κ2) is 4.48. The molecule has 7 nitrogen and oxygen atoms in total. The Bertz CT molecular complexity index is 390. The van der Waals surface area contributed by atoms with Crippen molar-refractivity contribution >= 4 is 11.9 Å². The maximum Gasteiger partial charge on any atom is 0.311 e. The molecule has 1 aromatic rings. The van der Waals surface area contributed by atoms with Crippen LogP contribution < -0.4 is 5.32 Å². The number of carboxylic acid groups (broad SMARTS) is 1. The zero-order valence-electron chi connectivity index (χ0n) is 8.76. The van der Waals surface area contributed by atoms with Crippen LogP contribution >= 0.6 is 0 Å². The van der Waals surface area contributed by atoms with Crippen LogP contribution in [-0.4, -0.2) is 44.1 Å². The maximum atomic E-state index is 10.5. The highest BCUT2D eigenvalue weighted by Gasteiger charge is 2.21. The Hall–Kier alpha value is -1.63. The average Bonchev–Trinajstić information content (AvgIpc) is 2.58. The minimum Gasteiger partial charge on any atom is -0.481 e. The first kappa shape index (κ1) is 10.9. The van der Waals surface area contributed by atoms with Gasteiger partial charge in [0, 0.05) is 19.7 Å². The van der Waals surface area contributed by atoms with Crippen molar-refractivity contribution in [2.75, 3.05) is 18.5 Å². The van der Waals surface area contributed by atoms with Gasteiger partial charge in [-0.05, 0) is 12.3 Å².